The average Bonchev–Trinajstić information content (AvgIpc) is 1.97. The molecule has 0 saturated heterocycles. The van der Waals surface area contributed by atoms with E-state index in [4.69, 9.17) is 11.6 Å². The van der Waals surface area contributed by atoms with Crippen LogP contribution in [-0.4, -0.2) is 17.4 Å². The lowest BCUT2D eigenvalue weighted by molar-refractivity contribution is 0.532. The van der Waals surface area contributed by atoms with Crippen molar-refractivity contribution in [3.8, 4) is 0 Å². The van der Waals surface area contributed by atoms with Gasteiger partial charge >= 0.3 is 0 Å². The van der Waals surface area contributed by atoms with E-state index < -0.39 is 0 Å². The molecule has 0 aliphatic carbocycles. The molecule has 1 atom stereocenters. The van der Waals surface area contributed by atoms with Crippen molar-refractivity contribution in [2.24, 2.45) is 5.92 Å². The van der Waals surface area contributed by atoms with Crippen LogP contribution >= 0.6 is 23.4 Å². The molecule has 0 heterocycles. The maximum Gasteiger partial charge on any atom is 0.0338 e. The van der Waals surface area contributed by atoms with Crippen molar-refractivity contribution >= 4 is 23.4 Å². The van der Waals surface area contributed by atoms with Gasteiger partial charge in [-0.15, -0.1) is 11.6 Å². The highest BCUT2D eigenvalue weighted by Crippen LogP contribution is 2.17. The summed E-state index contributed by atoms with van der Waals surface area (Å²) in [5.74, 6) is 2.03. The first-order valence-corrected chi connectivity index (χ1v) is 6.62. The Kier molecular flexibility index (Phi) is 8.69. The lowest BCUT2D eigenvalue weighted by Crippen LogP contribution is -2.03. The molecule has 0 N–H and O–H groups in total. The fourth-order valence-corrected chi connectivity index (χ4v) is 2.25. The van der Waals surface area contributed by atoms with Gasteiger partial charge in [0, 0.05) is 5.38 Å². The van der Waals surface area contributed by atoms with Crippen LogP contribution in [0.15, 0.2) is 0 Å². The molecule has 0 aromatic heterocycles. The lowest BCUT2D eigenvalue weighted by atomic mass is 10.0. The van der Waals surface area contributed by atoms with E-state index in [2.05, 4.69) is 20.1 Å². The van der Waals surface area contributed by atoms with Crippen LogP contribution in [0.5, 0.6) is 0 Å². The Morgan fingerprint density at radius 2 is 1.92 bits per heavy atom. The number of rotatable bonds is 7. The Balaban J connectivity index is 3.14. The second kappa shape index (κ2) is 8.25. The zero-order valence-corrected chi connectivity index (χ0v) is 10.0. The molecule has 0 amide bonds. The van der Waals surface area contributed by atoms with Crippen LogP contribution in [0.2, 0.25) is 0 Å². The molecule has 0 rings (SSSR count). The van der Waals surface area contributed by atoms with Gasteiger partial charge in [-0.3, -0.25) is 0 Å². The fourth-order valence-electron chi connectivity index (χ4n) is 1.24. The molecule has 0 spiro atoms. The van der Waals surface area contributed by atoms with Crippen molar-refractivity contribution < 1.29 is 0 Å². The van der Waals surface area contributed by atoms with Gasteiger partial charge in [-0.2, -0.15) is 11.8 Å². The van der Waals surface area contributed by atoms with Crippen molar-refractivity contribution in [1.29, 1.82) is 0 Å². The first-order valence-electron chi connectivity index (χ1n) is 4.79. The molecule has 74 valence electrons. The van der Waals surface area contributed by atoms with Crippen molar-refractivity contribution in [1.82, 2.24) is 0 Å². The van der Waals surface area contributed by atoms with Gasteiger partial charge in [0.05, 0.1) is 0 Å². The van der Waals surface area contributed by atoms with E-state index in [1.165, 1.54) is 31.4 Å². The van der Waals surface area contributed by atoms with E-state index >= 15 is 0 Å². The molecular formula is C10H21ClS. The van der Waals surface area contributed by atoms with Crippen LogP contribution in [0, 0.1) is 5.92 Å². The van der Waals surface area contributed by atoms with E-state index in [-0.39, 0.29) is 0 Å². The van der Waals surface area contributed by atoms with Crippen molar-refractivity contribution in [2.45, 2.75) is 44.9 Å². The zero-order chi connectivity index (χ0) is 9.40. The topological polar surface area (TPSA) is 0 Å². The average molecular weight is 209 g/mol. The second-order valence-electron chi connectivity index (χ2n) is 3.72. The standard InChI is InChI=1S/C10H21ClS/c1-9(2)8-10(11)6-4-5-7-12-3/h9-10H,4-8H2,1-3H3. The smallest absolute Gasteiger partial charge is 0.0338 e. The summed E-state index contributed by atoms with van der Waals surface area (Å²) in [6, 6.07) is 0. The monoisotopic (exact) mass is 208 g/mol. The predicted octanol–water partition coefficient (Wildman–Crippen LogP) is 4.17. The van der Waals surface area contributed by atoms with E-state index in [0.29, 0.717) is 5.38 Å². The Hall–Kier alpha value is 0.640. The molecule has 0 nitrogen and oxygen atoms in total. The minimum absolute atomic E-state index is 0.409. The van der Waals surface area contributed by atoms with Crippen LogP contribution in [0.1, 0.15) is 39.5 Å². The molecule has 0 saturated carbocycles. The van der Waals surface area contributed by atoms with Gasteiger partial charge in [-0.05, 0) is 37.2 Å². The summed E-state index contributed by atoms with van der Waals surface area (Å²) in [6.07, 6.45) is 7.14. The molecule has 12 heavy (non-hydrogen) atoms. The summed E-state index contributed by atoms with van der Waals surface area (Å²) in [6.45, 7) is 4.47. The van der Waals surface area contributed by atoms with E-state index in [9.17, 15) is 0 Å². The first kappa shape index (κ1) is 12.6. The molecule has 0 bridgehead atoms. The highest BCUT2D eigenvalue weighted by Gasteiger charge is 2.06. The van der Waals surface area contributed by atoms with Gasteiger partial charge in [0.15, 0.2) is 0 Å². The fraction of sp³-hybridized carbons (Fsp3) is 1.00. The Bertz CT molecular complexity index is 93.8. The normalized spacial score (nSPS) is 13.8. The maximum atomic E-state index is 6.15. The third-order valence-electron chi connectivity index (χ3n) is 1.84. The van der Waals surface area contributed by atoms with Gasteiger partial charge in [-0.25, -0.2) is 0 Å². The van der Waals surface area contributed by atoms with Gasteiger partial charge < -0.3 is 0 Å². The number of hydrogen-bond acceptors (Lipinski definition) is 1. The minimum atomic E-state index is 0.409. The molecule has 1 unspecified atom stereocenters. The summed E-state index contributed by atoms with van der Waals surface area (Å²) in [4.78, 5) is 0. The maximum absolute atomic E-state index is 6.15. The van der Waals surface area contributed by atoms with Gasteiger partial charge in [0.2, 0.25) is 0 Å². The number of thioether (sulfide) groups is 1. The quantitative estimate of drug-likeness (QED) is 0.447. The SMILES string of the molecule is CSCCCCC(Cl)CC(C)C. The van der Waals surface area contributed by atoms with E-state index in [0.717, 1.165) is 5.92 Å². The molecule has 2 heteroatoms. The number of alkyl halides is 1. The van der Waals surface area contributed by atoms with Crippen LogP contribution in [0.4, 0.5) is 0 Å². The third kappa shape index (κ3) is 8.73. The van der Waals surface area contributed by atoms with Gasteiger partial charge in [-0.1, -0.05) is 20.3 Å². The van der Waals surface area contributed by atoms with Gasteiger partial charge in [0.1, 0.15) is 0 Å². The molecule has 0 aromatic rings. The van der Waals surface area contributed by atoms with Crippen molar-refractivity contribution in [3.05, 3.63) is 0 Å². The Morgan fingerprint density at radius 3 is 2.42 bits per heavy atom. The number of halogens is 1. The summed E-state index contributed by atoms with van der Waals surface area (Å²) in [5, 5.41) is 0.409. The molecule has 0 aromatic carbocycles. The third-order valence-corrected chi connectivity index (χ3v) is 2.94. The predicted molar refractivity (Wildman–Crippen MR) is 61.3 cm³/mol. The van der Waals surface area contributed by atoms with Gasteiger partial charge in [0.25, 0.3) is 0 Å². The van der Waals surface area contributed by atoms with Crippen LogP contribution in [0.3, 0.4) is 0 Å². The highest BCUT2D eigenvalue weighted by atomic mass is 35.5. The van der Waals surface area contributed by atoms with Crippen LogP contribution in [0.25, 0.3) is 0 Å². The van der Waals surface area contributed by atoms with E-state index in [1.807, 2.05) is 11.8 Å². The largest absolute Gasteiger partial charge is 0.165 e. The minimum Gasteiger partial charge on any atom is -0.165 e. The van der Waals surface area contributed by atoms with Crippen molar-refractivity contribution in [2.75, 3.05) is 12.0 Å². The molecule has 0 aliphatic heterocycles. The summed E-state index contributed by atoms with van der Waals surface area (Å²) in [5.41, 5.74) is 0. The number of unbranched alkanes of at least 4 members (excludes halogenated alkanes) is 1. The zero-order valence-electron chi connectivity index (χ0n) is 8.48. The highest BCUT2D eigenvalue weighted by molar-refractivity contribution is 7.98. The lowest BCUT2D eigenvalue weighted by Gasteiger charge is -2.10. The van der Waals surface area contributed by atoms with Crippen LogP contribution in [-0.2, 0) is 0 Å². The molecular weight excluding hydrogens is 188 g/mol. The summed E-state index contributed by atoms with van der Waals surface area (Å²) < 4.78 is 0. The van der Waals surface area contributed by atoms with E-state index in [1.54, 1.807) is 0 Å². The first-order chi connectivity index (χ1) is 5.66. The molecule has 0 aliphatic rings. The molecule has 0 fully saturated rings. The van der Waals surface area contributed by atoms with Crippen LogP contribution < -0.4 is 0 Å². The summed E-state index contributed by atoms with van der Waals surface area (Å²) in [7, 11) is 0. The Labute approximate surface area is 86.5 Å². The Morgan fingerprint density at radius 1 is 1.25 bits per heavy atom. The second-order valence-corrected chi connectivity index (χ2v) is 5.32. The molecule has 0 radical (unpaired) electrons. The number of hydrogen-bond donors (Lipinski definition) is 0. The van der Waals surface area contributed by atoms with Crippen molar-refractivity contribution in [3.63, 3.8) is 0 Å². The summed E-state index contributed by atoms with van der Waals surface area (Å²) >= 11 is 8.07.